The molecule has 14 heavy (non-hydrogen) atoms. The number of hydrogen-bond donors (Lipinski definition) is 0. The Labute approximate surface area is 88.6 Å². The fraction of sp³-hybridized carbons (Fsp3) is 0.769. The van der Waals surface area contributed by atoms with E-state index in [1.54, 1.807) is 0 Å². The van der Waals surface area contributed by atoms with Crippen LogP contribution >= 0.6 is 0 Å². The molecule has 1 atom stereocenters. The molecule has 0 aromatic rings. The normalized spacial score (nSPS) is 14.9. The van der Waals surface area contributed by atoms with Crippen molar-refractivity contribution in [2.45, 2.75) is 47.5 Å². The summed E-state index contributed by atoms with van der Waals surface area (Å²) < 4.78 is 0. The standard InChI is InChI=1S/C13H24O/c1-10(2)7-6-8-13(9-14)12(5)11(3)4/h8-12H,6-7H2,1-5H3/b13-8+. The molecule has 0 aliphatic heterocycles. The van der Waals surface area contributed by atoms with E-state index in [1.165, 1.54) is 6.42 Å². The van der Waals surface area contributed by atoms with E-state index >= 15 is 0 Å². The monoisotopic (exact) mass is 196 g/mol. The van der Waals surface area contributed by atoms with Crippen LogP contribution in [0.25, 0.3) is 0 Å². The number of hydrogen-bond acceptors (Lipinski definition) is 1. The lowest BCUT2D eigenvalue weighted by molar-refractivity contribution is -0.105. The molecule has 0 fully saturated rings. The Morgan fingerprint density at radius 1 is 1.14 bits per heavy atom. The van der Waals surface area contributed by atoms with Crippen molar-refractivity contribution in [1.82, 2.24) is 0 Å². The molecule has 0 N–H and O–H groups in total. The lowest BCUT2D eigenvalue weighted by Gasteiger charge is -2.15. The van der Waals surface area contributed by atoms with Gasteiger partial charge in [0.1, 0.15) is 6.29 Å². The van der Waals surface area contributed by atoms with Crippen molar-refractivity contribution < 1.29 is 4.79 Å². The number of carbonyl (C=O) groups excluding carboxylic acids is 1. The van der Waals surface area contributed by atoms with E-state index < -0.39 is 0 Å². The van der Waals surface area contributed by atoms with Crippen molar-refractivity contribution in [3.63, 3.8) is 0 Å². The summed E-state index contributed by atoms with van der Waals surface area (Å²) in [6, 6.07) is 0. The van der Waals surface area contributed by atoms with E-state index in [1.807, 2.05) is 0 Å². The highest BCUT2D eigenvalue weighted by molar-refractivity contribution is 5.73. The van der Waals surface area contributed by atoms with Crippen molar-refractivity contribution in [3.8, 4) is 0 Å². The first-order valence-corrected chi connectivity index (χ1v) is 5.64. The quantitative estimate of drug-likeness (QED) is 0.466. The lowest BCUT2D eigenvalue weighted by Crippen LogP contribution is -2.08. The van der Waals surface area contributed by atoms with Gasteiger partial charge in [-0.3, -0.25) is 4.79 Å². The summed E-state index contributed by atoms with van der Waals surface area (Å²) in [5, 5.41) is 0. The summed E-state index contributed by atoms with van der Waals surface area (Å²) in [5.74, 6) is 1.65. The smallest absolute Gasteiger partial charge is 0.145 e. The van der Waals surface area contributed by atoms with E-state index in [0.29, 0.717) is 17.8 Å². The van der Waals surface area contributed by atoms with Gasteiger partial charge in [0, 0.05) is 0 Å². The minimum atomic E-state index is 0.389. The molecular formula is C13H24O. The SMILES string of the molecule is CC(C)CC/C=C(\C=O)C(C)C(C)C. The van der Waals surface area contributed by atoms with Crippen molar-refractivity contribution in [2.24, 2.45) is 17.8 Å². The molecule has 0 aliphatic carbocycles. The van der Waals surface area contributed by atoms with Gasteiger partial charge in [0.25, 0.3) is 0 Å². The summed E-state index contributed by atoms with van der Waals surface area (Å²) in [6.07, 6.45) is 5.33. The van der Waals surface area contributed by atoms with Crippen LogP contribution in [0.5, 0.6) is 0 Å². The maximum Gasteiger partial charge on any atom is 0.145 e. The van der Waals surface area contributed by atoms with Crippen LogP contribution in [0.2, 0.25) is 0 Å². The molecule has 0 saturated carbocycles. The van der Waals surface area contributed by atoms with Gasteiger partial charge in [0.15, 0.2) is 0 Å². The lowest BCUT2D eigenvalue weighted by atomic mass is 9.89. The van der Waals surface area contributed by atoms with Gasteiger partial charge in [0.2, 0.25) is 0 Å². The van der Waals surface area contributed by atoms with Gasteiger partial charge in [-0.05, 0) is 36.2 Å². The highest BCUT2D eigenvalue weighted by Crippen LogP contribution is 2.19. The molecule has 0 amide bonds. The maximum absolute atomic E-state index is 10.9. The average Bonchev–Trinajstić information content (AvgIpc) is 2.10. The van der Waals surface area contributed by atoms with Crippen LogP contribution in [0.3, 0.4) is 0 Å². The van der Waals surface area contributed by atoms with Crippen molar-refractivity contribution in [3.05, 3.63) is 11.6 Å². The van der Waals surface area contributed by atoms with Crippen LogP contribution in [-0.2, 0) is 4.79 Å². The van der Waals surface area contributed by atoms with Crippen LogP contribution in [0, 0.1) is 17.8 Å². The zero-order valence-corrected chi connectivity index (χ0v) is 10.2. The van der Waals surface area contributed by atoms with Gasteiger partial charge in [0.05, 0.1) is 0 Å². The van der Waals surface area contributed by atoms with Crippen molar-refractivity contribution >= 4 is 6.29 Å². The molecule has 0 heterocycles. The summed E-state index contributed by atoms with van der Waals surface area (Å²) >= 11 is 0. The fourth-order valence-electron chi connectivity index (χ4n) is 1.31. The molecule has 0 aliphatic rings. The Hall–Kier alpha value is -0.590. The van der Waals surface area contributed by atoms with Crippen LogP contribution in [-0.4, -0.2) is 6.29 Å². The van der Waals surface area contributed by atoms with E-state index in [2.05, 4.69) is 40.7 Å². The third-order valence-electron chi connectivity index (χ3n) is 2.79. The average molecular weight is 196 g/mol. The third-order valence-corrected chi connectivity index (χ3v) is 2.79. The number of carbonyl (C=O) groups is 1. The van der Waals surface area contributed by atoms with Gasteiger partial charge in [-0.1, -0.05) is 40.7 Å². The van der Waals surface area contributed by atoms with E-state index in [0.717, 1.165) is 18.3 Å². The summed E-state index contributed by atoms with van der Waals surface area (Å²) in [4.78, 5) is 10.9. The highest BCUT2D eigenvalue weighted by atomic mass is 16.1. The van der Waals surface area contributed by atoms with Crippen LogP contribution in [0.15, 0.2) is 11.6 Å². The molecule has 1 heteroatoms. The van der Waals surface area contributed by atoms with Crippen LogP contribution in [0.4, 0.5) is 0 Å². The van der Waals surface area contributed by atoms with Gasteiger partial charge in [-0.15, -0.1) is 0 Å². The van der Waals surface area contributed by atoms with Gasteiger partial charge >= 0.3 is 0 Å². The minimum Gasteiger partial charge on any atom is -0.298 e. The van der Waals surface area contributed by atoms with Crippen LogP contribution in [0.1, 0.15) is 47.5 Å². The first-order valence-electron chi connectivity index (χ1n) is 5.64. The van der Waals surface area contributed by atoms with Gasteiger partial charge < -0.3 is 0 Å². The van der Waals surface area contributed by atoms with E-state index in [4.69, 9.17) is 0 Å². The Morgan fingerprint density at radius 3 is 2.07 bits per heavy atom. The third kappa shape index (κ3) is 5.21. The molecule has 0 rings (SSSR count). The summed E-state index contributed by atoms with van der Waals surface area (Å²) in [7, 11) is 0. The molecule has 0 saturated heterocycles. The number of aldehydes is 1. The molecule has 1 unspecified atom stereocenters. The maximum atomic E-state index is 10.9. The van der Waals surface area contributed by atoms with Crippen molar-refractivity contribution in [2.75, 3.05) is 0 Å². The fourth-order valence-corrected chi connectivity index (χ4v) is 1.31. The molecule has 1 nitrogen and oxygen atoms in total. The van der Waals surface area contributed by atoms with Gasteiger partial charge in [-0.25, -0.2) is 0 Å². The Bertz CT molecular complexity index is 189. The molecule has 0 radical (unpaired) electrons. The highest BCUT2D eigenvalue weighted by Gasteiger charge is 2.11. The second kappa shape index (κ2) is 6.80. The second-order valence-corrected chi connectivity index (χ2v) is 4.83. The molecule has 0 bridgehead atoms. The Balaban J connectivity index is 4.18. The Morgan fingerprint density at radius 2 is 1.71 bits per heavy atom. The predicted octanol–water partition coefficient (Wildman–Crippen LogP) is 3.84. The first-order chi connectivity index (χ1) is 6.49. The van der Waals surface area contributed by atoms with Crippen molar-refractivity contribution in [1.29, 1.82) is 0 Å². The second-order valence-electron chi connectivity index (χ2n) is 4.83. The van der Waals surface area contributed by atoms with E-state index in [-0.39, 0.29) is 0 Å². The first kappa shape index (κ1) is 13.4. The summed E-state index contributed by atoms with van der Waals surface area (Å²) in [6.45, 7) is 10.9. The Kier molecular flexibility index (Phi) is 6.52. The molecule has 0 spiro atoms. The van der Waals surface area contributed by atoms with Crippen LogP contribution < -0.4 is 0 Å². The zero-order valence-electron chi connectivity index (χ0n) is 10.2. The molecule has 0 aromatic heterocycles. The summed E-state index contributed by atoms with van der Waals surface area (Å²) in [5.41, 5.74) is 0.973. The number of allylic oxidation sites excluding steroid dienone is 2. The molecular weight excluding hydrogens is 172 g/mol. The molecule has 82 valence electrons. The van der Waals surface area contributed by atoms with Gasteiger partial charge in [-0.2, -0.15) is 0 Å². The topological polar surface area (TPSA) is 17.1 Å². The molecule has 0 aromatic carbocycles. The number of rotatable bonds is 6. The largest absolute Gasteiger partial charge is 0.298 e. The predicted molar refractivity (Wildman–Crippen MR) is 62.2 cm³/mol. The zero-order chi connectivity index (χ0) is 11.1. The minimum absolute atomic E-state index is 0.389. The van der Waals surface area contributed by atoms with E-state index in [9.17, 15) is 4.79 Å².